The number of halogens is 3. The maximum Gasteiger partial charge on any atom is 0.265 e. The van der Waals surface area contributed by atoms with Crippen molar-refractivity contribution in [1.82, 2.24) is 9.55 Å². The normalized spacial score (nSPS) is 13.9. The number of rotatable bonds is 3. The lowest BCUT2D eigenvalue weighted by Crippen LogP contribution is -2.26. The molecule has 1 aromatic carbocycles. The predicted octanol–water partition coefficient (Wildman–Crippen LogP) is 4.53. The SMILES string of the molecule is Cc1cc2c(N3CCCc4ncc(C(F)F)cc43)cc(OF)cc2n(C)c1=O. The van der Waals surface area contributed by atoms with Crippen LogP contribution in [0.4, 0.5) is 24.7 Å². The lowest BCUT2D eigenvalue weighted by Gasteiger charge is -2.32. The van der Waals surface area contributed by atoms with E-state index in [-0.39, 0.29) is 16.9 Å². The van der Waals surface area contributed by atoms with Gasteiger partial charge in [-0.1, -0.05) is 0 Å². The molecule has 0 aliphatic carbocycles. The van der Waals surface area contributed by atoms with Gasteiger partial charge >= 0.3 is 0 Å². The van der Waals surface area contributed by atoms with E-state index in [1.54, 1.807) is 20.0 Å². The first-order chi connectivity index (χ1) is 13.4. The number of anilines is 2. The van der Waals surface area contributed by atoms with Crippen molar-refractivity contribution in [2.75, 3.05) is 11.4 Å². The predicted molar refractivity (Wildman–Crippen MR) is 100 cm³/mol. The minimum atomic E-state index is -2.64. The first-order valence-electron chi connectivity index (χ1n) is 8.88. The Morgan fingerprint density at radius 2 is 1.96 bits per heavy atom. The first-order valence-corrected chi connectivity index (χ1v) is 8.88. The molecule has 3 heterocycles. The first kappa shape index (κ1) is 18.3. The Morgan fingerprint density at radius 1 is 1.18 bits per heavy atom. The van der Waals surface area contributed by atoms with Crippen LogP contribution in [0.5, 0.6) is 5.75 Å². The molecule has 28 heavy (non-hydrogen) atoms. The number of aryl methyl sites for hydroxylation is 3. The zero-order chi connectivity index (χ0) is 20.0. The molecule has 4 rings (SSSR count). The van der Waals surface area contributed by atoms with Crippen molar-refractivity contribution in [2.24, 2.45) is 7.05 Å². The fraction of sp³-hybridized carbons (Fsp3) is 0.300. The summed E-state index contributed by atoms with van der Waals surface area (Å²) >= 11 is 0. The lowest BCUT2D eigenvalue weighted by molar-refractivity contribution is -0.00601. The van der Waals surface area contributed by atoms with Crippen molar-refractivity contribution in [3.05, 3.63) is 57.6 Å². The summed E-state index contributed by atoms with van der Waals surface area (Å²) in [6.07, 6.45) is -0.00704. The second-order valence-electron chi connectivity index (χ2n) is 6.93. The monoisotopic (exact) mass is 389 g/mol. The number of nitrogens with zero attached hydrogens (tertiary/aromatic N) is 3. The van der Waals surface area contributed by atoms with E-state index in [0.717, 1.165) is 6.42 Å². The summed E-state index contributed by atoms with van der Waals surface area (Å²) in [7, 11) is 1.60. The highest BCUT2D eigenvalue weighted by molar-refractivity contribution is 5.96. The summed E-state index contributed by atoms with van der Waals surface area (Å²) < 4.78 is 40.9. The number of benzene rings is 1. The van der Waals surface area contributed by atoms with Gasteiger partial charge in [0.15, 0.2) is 5.75 Å². The zero-order valence-corrected chi connectivity index (χ0v) is 15.4. The molecule has 2 aromatic heterocycles. The van der Waals surface area contributed by atoms with Crippen molar-refractivity contribution < 1.29 is 18.2 Å². The summed E-state index contributed by atoms with van der Waals surface area (Å²) in [5.74, 6) is -0.0635. The Hall–Kier alpha value is -3.03. The van der Waals surface area contributed by atoms with Crippen molar-refractivity contribution in [1.29, 1.82) is 0 Å². The summed E-state index contributed by atoms with van der Waals surface area (Å²) in [4.78, 5) is 22.3. The van der Waals surface area contributed by atoms with Crippen molar-refractivity contribution in [3.63, 3.8) is 0 Å². The molecule has 0 bridgehead atoms. The van der Waals surface area contributed by atoms with E-state index >= 15 is 0 Å². The van der Waals surface area contributed by atoms with Crippen LogP contribution in [0, 0.1) is 6.92 Å². The Labute approximate surface area is 158 Å². The van der Waals surface area contributed by atoms with Gasteiger partial charge in [0.25, 0.3) is 12.0 Å². The van der Waals surface area contributed by atoms with Crippen LogP contribution < -0.4 is 15.4 Å². The Balaban J connectivity index is 2.00. The summed E-state index contributed by atoms with van der Waals surface area (Å²) in [5.41, 5.74) is 2.50. The molecule has 0 N–H and O–H groups in total. The van der Waals surface area contributed by atoms with Gasteiger partial charge in [-0.05, 0) is 31.9 Å². The van der Waals surface area contributed by atoms with Crippen LogP contribution in [0.25, 0.3) is 10.9 Å². The van der Waals surface area contributed by atoms with Gasteiger partial charge in [0.1, 0.15) is 0 Å². The van der Waals surface area contributed by atoms with E-state index in [1.807, 2.05) is 4.90 Å². The minimum absolute atomic E-state index is 0.0635. The summed E-state index contributed by atoms with van der Waals surface area (Å²) in [5, 5.41) is 0.704. The quantitative estimate of drug-likeness (QED) is 0.661. The third-order valence-corrected chi connectivity index (χ3v) is 5.16. The number of alkyl halides is 2. The van der Waals surface area contributed by atoms with Crippen LogP contribution in [-0.2, 0) is 13.5 Å². The topological polar surface area (TPSA) is 47.4 Å². The van der Waals surface area contributed by atoms with Crippen LogP contribution in [-0.4, -0.2) is 16.1 Å². The fourth-order valence-corrected chi connectivity index (χ4v) is 3.76. The molecule has 5 nitrogen and oxygen atoms in total. The molecule has 3 aromatic rings. The van der Waals surface area contributed by atoms with Crippen molar-refractivity contribution in [3.8, 4) is 5.75 Å². The second kappa shape index (κ2) is 6.85. The van der Waals surface area contributed by atoms with Crippen molar-refractivity contribution >= 4 is 22.3 Å². The van der Waals surface area contributed by atoms with E-state index in [9.17, 15) is 18.1 Å². The van der Waals surface area contributed by atoms with Gasteiger partial charge in [0.05, 0.1) is 22.6 Å². The molecule has 0 saturated carbocycles. The molecule has 0 atom stereocenters. The smallest absolute Gasteiger partial charge is 0.265 e. The third-order valence-electron chi connectivity index (χ3n) is 5.16. The van der Waals surface area contributed by atoms with Gasteiger partial charge in [-0.15, -0.1) is 0 Å². The van der Waals surface area contributed by atoms with Gasteiger partial charge in [-0.2, -0.15) is 0 Å². The van der Waals surface area contributed by atoms with Gasteiger partial charge in [-0.25, -0.2) is 8.78 Å². The van der Waals surface area contributed by atoms with Gasteiger partial charge in [0.2, 0.25) is 0 Å². The Morgan fingerprint density at radius 3 is 2.68 bits per heavy atom. The van der Waals surface area contributed by atoms with Crippen LogP contribution in [0.3, 0.4) is 0 Å². The number of hydrogen-bond acceptors (Lipinski definition) is 4. The van der Waals surface area contributed by atoms with Crippen LogP contribution >= 0.6 is 0 Å². The number of aromatic nitrogens is 2. The summed E-state index contributed by atoms with van der Waals surface area (Å²) in [6.45, 7) is 2.25. The molecule has 0 spiro atoms. The fourth-order valence-electron chi connectivity index (χ4n) is 3.76. The second-order valence-corrected chi connectivity index (χ2v) is 6.93. The van der Waals surface area contributed by atoms with E-state index < -0.39 is 6.43 Å². The highest BCUT2D eigenvalue weighted by Crippen LogP contribution is 2.40. The average Bonchev–Trinajstić information content (AvgIpc) is 2.70. The molecule has 0 unspecified atom stereocenters. The standard InChI is InChI=1S/C20H18F3N3O2/c1-11-6-14-16(25(2)20(11)27)8-13(28-23)9-17(14)26-5-3-4-15-18(26)7-12(10-24-15)19(21)22/h6-10,19H,3-5H2,1-2H3. The molecule has 1 aliphatic heterocycles. The molecule has 8 heteroatoms. The highest BCUT2D eigenvalue weighted by atomic mass is 19.3. The number of pyridine rings is 2. The maximum atomic E-state index is 13.2. The molecule has 0 saturated heterocycles. The largest absolute Gasteiger partial charge is 0.339 e. The third kappa shape index (κ3) is 2.89. The van der Waals surface area contributed by atoms with Crippen molar-refractivity contribution in [2.45, 2.75) is 26.2 Å². The molecular weight excluding hydrogens is 371 g/mol. The Kier molecular flexibility index (Phi) is 4.49. The molecule has 0 radical (unpaired) electrons. The van der Waals surface area contributed by atoms with Gasteiger partial charge in [0, 0.05) is 53.0 Å². The molecule has 146 valence electrons. The van der Waals surface area contributed by atoms with E-state index in [4.69, 9.17) is 0 Å². The zero-order valence-electron chi connectivity index (χ0n) is 15.4. The number of fused-ring (bicyclic) bond motifs is 2. The van der Waals surface area contributed by atoms with Gasteiger partial charge in [-0.3, -0.25) is 14.7 Å². The van der Waals surface area contributed by atoms with E-state index in [0.29, 0.717) is 46.5 Å². The molecule has 1 aliphatic rings. The van der Waals surface area contributed by atoms with Crippen LogP contribution in [0.15, 0.2) is 35.3 Å². The summed E-state index contributed by atoms with van der Waals surface area (Å²) in [6, 6.07) is 6.11. The average molecular weight is 389 g/mol. The van der Waals surface area contributed by atoms with Gasteiger partial charge < -0.3 is 9.47 Å². The highest BCUT2D eigenvalue weighted by Gasteiger charge is 2.24. The van der Waals surface area contributed by atoms with Crippen LogP contribution in [0.2, 0.25) is 0 Å². The molecule has 0 fully saturated rings. The Bertz CT molecular complexity index is 1130. The van der Waals surface area contributed by atoms with E-state index in [1.165, 1.54) is 29.0 Å². The maximum absolute atomic E-state index is 13.2. The number of hydrogen-bond donors (Lipinski definition) is 0. The molecular formula is C20H18F3N3O2. The van der Waals surface area contributed by atoms with Crippen LogP contribution in [0.1, 0.15) is 29.7 Å². The minimum Gasteiger partial charge on any atom is -0.339 e. The molecule has 0 amide bonds. The lowest BCUT2D eigenvalue weighted by atomic mass is 10.0. The van der Waals surface area contributed by atoms with E-state index in [2.05, 4.69) is 9.93 Å².